The smallest absolute Gasteiger partial charge is 0.126 e. The zero-order chi connectivity index (χ0) is 14.8. The Morgan fingerprint density at radius 1 is 1.19 bits per heavy atom. The van der Waals surface area contributed by atoms with E-state index in [0.29, 0.717) is 5.92 Å². The molecule has 0 radical (unpaired) electrons. The van der Waals surface area contributed by atoms with E-state index in [-0.39, 0.29) is 11.9 Å². The summed E-state index contributed by atoms with van der Waals surface area (Å²) >= 11 is 0. The van der Waals surface area contributed by atoms with Crippen LogP contribution >= 0.6 is 0 Å². The molecule has 0 aromatic heterocycles. The van der Waals surface area contributed by atoms with Crippen molar-refractivity contribution < 1.29 is 4.39 Å². The van der Waals surface area contributed by atoms with E-state index in [0.717, 1.165) is 36.1 Å². The lowest BCUT2D eigenvalue weighted by atomic mass is 9.98. The number of nitrogens with one attached hydrogen (secondary N) is 1. The lowest BCUT2D eigenvalue weighted by Gasteiger charge is -2.17. The van der Waals surface area contributed by atoms with Gasteiger partial charge >= 0.3 is 0 Å². The second-order valence-electron chi connectivity index (χ2n) is 5.97. The summed E-state index contributed by atoms with van der Waals surface area (Å²) in [6.45, 7) is 4.46. The van der Waals surface area contributed by atoms with Crippen molar-refractivity contribution in [2.75, 3.05) is 5.32 Å². The van der Waals surface area contributed by atoms with Crippen LogP contribution < -0.4 is 5.32 Å². The molecule has 2 aromatic carbocycles. The minimum atomic E-state index is -0.0658. The Kier molecular flexibility index (Phi) is 3.96. The number of rotatable bonds is 4. The topological polar surface area (TPSA) is 12.0 Å². The van der Waals surface area contributed by atoms with Crippen molar-refractivity contribution in [1.29, 1.82) is 0 Å². The molecule has 1 aliphatic carbocycles. The van der Waals surface area contributed by atoms with Crippen molar-refractivity contribution in [2.24, 2.45) is 0 Å². The third kappa shape index (κ3) is 2.80. The quantitative estimate of drug-likeness (QED) is 0.788. The number of hydrogen-bond acceptors (Lipinski definition) is 1. The maximum absolute atomic E-state index is 13.8. The fourth-order valence-electron chi connectivity index (χ4n) is 3.10. The first kappa shape index (κ1) is 14.1. The Balaban J connectivity index is 1.76. The molecule has 2 aromatic rings. The zero-order valence-corrected chi connectivity index (χ0v) is 12.7. The Hall–Kier alpha value is -1.83. The van der Waals surface area contributed by atoms with Gasteiger partial charge in [0.15, 0.2) is 0 Å². The van der Waals surface area contributed by atoms with Gasteiger partial charge in [-0.3, -0.25) is 0 Å². The Morgan fingerprint density at radius 3 is 2.67 bits per heavy atom. The highest BCUT2D eigenvalue weighted by molar-refractivity contribution is 5.49. The molecule has 0 saturated heterocycles. The van der Waals surface area contributed by atoms with Gasteiger partial charge in [0.25, 0.3) is 0 Å². The Labute approximate surface area is 126 Å². The van der Waals surface area contributed by atoms with Gasteiger partial charge < -0.3 is 5.32 Å². The summed E-state index contributed by atoms with van der Waals surface area (Å²) in [6.07, 6.45) is 2.94. The monoisotopic (exact) mass is 283 g/mol. The predicted molar refractivity (Wildman–Crippen MR) is 86.2 cm³/mol. The van der Waals surface area contributed by atoms with Gasteiger partial charge in [0, 0.05) is 5.69 Å². The Morgan fingerprint density at radius 2 is 1.95 bits per heavy atom. The van der Waals surface area contributed by atoms with Crippen molar-refractivity contribution >= 4 is 5.69 Å². The van der Waals surface area contributed by atoms with E-state index in [9.17, 15) is 4.39 Å². The molecule has 2 unspecified atom stereocenters. The maximum Gasteiger partial charge on any atom is 0.126 e. The van der Waals surface area contributed by atoms with E-state index >= 15 is 0 Å². The van der Waals surface area contributed by atoms with Gasteiger partial charge in [-0.05, 0) is 60.1 Å². The van der Waals surface area contributed by atoms with Gasteiger partial charge in [-0.25, -0.2) is 4.39 Å². The number of halogens is 1. The first-order valence-corrected chi connectivity index (χ1v) is 7.82. The second-order valence-corrected chi connectivity index (χ2v) is 5.97. The van der Waals surface area contributed by atoms with Gasteiger partial charge in [0.2, 0.25) is 0 Å². The largest absolute Gasteiger partial charge is 0.378 e. The van der Waals surface area contributed by atoms with Crippen LogP contribution in [-0.4, -0.2) is 0 Å². The van der Waals surface area contributed by atoms with Crippen LogP contribution in [0.3, 0.4) is 0 Å². The third-order valence-electron chi connectivity index (χ3n) is 4.65. The SMILES string of the molecule is CCC(C)c1ccc(NC2CCc3c(F)cccc32)cc1. The minimum Gasteiger partial charge on any atom is -0.378 e. The van der Waals surface area contributed by atoms with E-state index in [1.165, 1.54) is 5.56 Å². The average molecular weight is 283 g/mol. The van der Waals surface area contributed by atoms with E-state index in [2.05, 4.69) is 43.4 Å². The van der Waals surface area contributed by atoms with Crippen LogP contribution in [0.25, 0.3) is 0 Å². The van der Waals surface area contributed by atoms with E-state index in [1.54, 1.807) is 12.1 Å². The van der Waals surface area contributed by atoms with Gasteiger partial charge in [-0.2, -0.15) is 0 Å². The second kappa shape index (κ2) is 5.88. The van der Waals surface area contributed by atoms with Crippen LogP contribution in [0, 0.1) is 5.82 Å². The summed E-state index contributed by atoms with van der Waals surface area (Å²) < 4.78 is 13.8. The number of hydrogen-bond donors (Lipinski definition) is 1. The highest BCUT2D eigenvalue weighted by Crippen LogP contribution is 2.35. The molecule has 3 rings (SSSR count). The summed E-state index contributed by atoms with van der Waals surface area (Å²) in [5.41, 5.74) is 4.48. The van der Waals surface area contributed by atoms with Crippen LogP contribution in [-0.2, 0) is 6.42 Å². The summed E-state index contributed by atoms with van der Waals surface area (Å²) in [7, 11) is 0. The summed E-state index contributed by atoms with van der Waals surface area (Å²) in [5, 5.41) is 3.54. The van der Waals surface area contributed by atoms with E-state index < -0.39 is 0 Å². The fourth-order valence-corrected chi connectivity index (χ4v) is 3.10. The van der Waals surface area contributed by atoms with Crippen LogP contribution in [0.5, 0.6) is 0 Å². The van der Waals surface area contributed by atoms with Crippen molar-refractivity contribution in [2.45, 2.75) is 45.1 Å². The molecule has 0 saturated carbocycles. The summed E-state index contributed by atoms with van der Waals surface area (Å²) in [5.74, 6) is 0.532. The zero-order valence-electron chi connectivity index (χ0n) is 12.7. The van der Waals surface area contributed by atoms with Gasteiger partial charge in [-0.1, -0.05) is 38.1 Å². The molecule has 0 bridgehead atoms. The molecule has 1 nitrogen and oxygen atoms in total. The molecule has 2 atom stereocenters. The lowest BCUT2D eigenvalue weighted by molar-refractivity contribution is 0.612. The van der Waals surface area contributed by atoms with Crippen LogP contribution in [0.1, 0.15) is 55.3 Å². The molecule has 21 heavy (non-hydrogen) atoms. The van der Waals surface area contributed by atoms with Crippen LogP contribution in [0.2, 0.25) is 0 Å². The van der Waals surface area contributed by atoms with Gasteiger partial charge in [0.05, 0.1) is 6.04 Å². The summed E-state index contributed by atoms with van der Waals surface area (Å²) in [4.78, 5) is 0. The number of fused-ring (bicyclic) bond motifs is 1. The van der Waals surface area contributed by atoms with Crippen LogP contribution in [0.4, 0.5) is 10.1 Å². The van der Waals surface area contributed by atoms with Crippen molar-refractivity contribution in [3.05, 3.63) is 65.0 Å². The van der Waals surface area contributed by atoms with Crippen LogP contribution in [0.15, 0.2) is 42.5 Å². The molecule has 0 aliphatic heterocycles. The molecule has 0 amide bonds. The summed E-state index contributed by atoms with van der Waals surface area (Å²) in [6, 6.07) is 14.3. The molecule has 2 heteroatoms. The highest BCUT2D eigenvalue weighted by atomic mass is 19.1. The molecule has 110 valence electrons. The van der Waals surface area contributed by atoms with E-state index in [1.807, 2.05) is 6.07 Å². The third-order valence-corrected chi connectivity index (χ3v) is 4.65. The lowest BCUT2D eigenvalue weighted by Crippen LogP contribution is -2.07. The molecule has 0 fully saturated rings. The maximum atomic E-state index is 13.8. The number of anilines is 1. The predicted octanol–water partition coefficient (Wildman–Crippen LogP) is 5.44. The molecule has 0 spiro atoms. The molecule has 0 heterocycles. The van der Waals surface area contributed by atoms with Crippen molar-refractivity contribution in [3.63, 3.8) is 0 Å². The highest BCUT2D eigenvalue weighted by Gasteiger charge is 2.24. The molecule has 1 aliphatic rings. The van der Waals surface area contributed by atoms with Gasteiger partial charge in [0.1, 0.15) is 5.82 Å². The normalized spacial score (nSPS) is 18.3. The minimum absolute atomic E-state index is 0.0658. The first-order chi connectivity index (χ1) is 10.2. The van der Waals surface area contributed by atoms with Gasteiger partial charge in [-0.15, -0.1) is 0 Å². The average Bonchev–Trinajstić information content (AvgIpc) is 2.92. The first-order valence-electron chi connectivity index (χ1n) is 7.82. The molecule has 1 N–H and O–H groups in total. The number of benzene rings is 2. The fraction of sp³-hybridized carbons (Fsp3) is 0.368. The molecular formula is C19H22FN. The van der Waals surface area contributed by atoms with Crippen molar-refractivity contribution in [3.8, 4) is 0 Å². The van der Waals surface area contributed by atoms with E-state index in [4.69, 9.17) is 0 Å². The Bertz CT molecular complexity index is 618. The standard InChI is InChI=1S/C19H22FN/c1-3-13(2)14-7-9-15(10-8-14)21-19-12-11-16-17(19)5-4-6-18(16)20/h4-10,13,19,21H,3,11-12H2,1-2H3. The van der Waals surface area contributed by atoms with Crippen molar-refractivity contribution in [1.82, 2.24) is 0 Å². The molecular weight excluding hydrogens is 261 g/mol.